The van der Waals surface area contributed by atoms with Crippen LogP contribution in [0.3, 0.4) is 0 Å². The number of fused-ring (bicyclic) bond motifs is 2. The van der Waals surface area contributed by atoms with Crippen LogP contribution in [0.25, 0.3) is 49.2 Å². The van der Waals surface area contributed by atoms with Crippen LogP contribution < -0.4 is 0 Å². The van der Waals surface area contributed by atoms with Gasteiger partial charge >= 0.3 is 0 Å². The first-order chi connectivity index (χ1) is 15.2. The van der Waals surface area contributed by atoms with Crippen molar-refractivity contribution in [2.45, 2.75) is 19.4 Å². The van der Waals surface area contributed by atoms with Crippen molar-refractivity contribution in [1.29, 1.82) is 0 Å². The van der Waals surface area contributed by atoms with Gasteiger partial charge in [-0.2, -0.15) is 0 Å². The molecule has 6 rings (SSSR count). The number of benzene rings is 5. The van der Waals surface area contributed by atoms with E-state index in [2.05, 4.69) is 98.0 Å². The van der Waals surface area contributed by atoms with Crippen LogP contribution in [0.2, 0.25) is 0 Å². The molecule has 0 aromatic heterocycles. The highest BCUT2D eigenvalue weighted by Gasteiger charge is 2.15. The van der Waals surface area contributed by atoms with Crippen LogP contribution in [-0.2, 0) is 4.74 Å². The third kappa shape index (κ3) is 2.81. The molecule has 5 aromatic carbocycles. The second-order valence-electron chi connectivity index (χ2n) is 8.50. The van der Waals surface area contributed by atoms with Gasteiger partial charge in [-0.15, -0.1) is 0 Å². The maximum atomic E-state index is 5.42. The molecule has 1 heteroatoms. The second-order valence-corrected chi connectivity index (χ2v) is 8.50. The van der Waals surface area contributed by atoms with Crippen LogP contribution in [0.4, 0.5) is 0 Å². The number of ether oxygens (including phenoxy) is 1. The van der Waals surface area contributed by atoms with Gasteiger partial charge in [0.2, 0.25) is 0 Å². The van der Waals surface area contributed by atoms with Crippen LogP contribution in [0.15, 0.2) is 90.5 Å². The topological polar surface area (TPSA) is 9.23 Å². The summed E-state index contributed by atoms with van der Waals surface area (Å²) in [5, 5.41) is 10.8. The van der Waals surface area contributed by atoms with Crippen LogP contribution in [0.5, 0.6) is 0 Å². The lowest BCUT2D eigenvalue weighted by Gasteiger charge is -2.17. The van der Waals surface area contributed by atoms with E-state index in [4.69, 9.17) is 4.74 Å². The molecule has 0 aliphatic heterocycles. The normalized spacial score (nSPS) is 17.0. The van der Waals surface area contributed by atoms with Crippen molar-refractivity contribution in [2.24, 2.45) is 0 Å². The summed E-state index contributed by atoms with van der Waals surface area (Å²) in [5.74, 6) is 0. The van der Waals surface area contributed by atoms with Crippen molar-refractivity contribution in [3.8, 4) is 0 Å². The van der Waals surface area contributed by atoms with E-state index in [1.54, 1.807) is 7.11 Å². The molecular formula is C30H24O. The average Bonchev–Trinajstić information content (AvgIpc) is 2.82. The number of hydrogen-bond donors (Lipinski definition) is 0. The molecule has 1 aliphatic rings. The van der Waals surface area contributed by atoms with Gasteiger partial charge in [0.1, 0.15) is 0 Å². The summed E-state index contributed by atoms with van der Waals surface area (Å²) in [6.07, 6.45) is 12.2. The molecule has 0 saturated heterocycles. The highest BCUT2D eigenvalue weighted by atomic mass is 16.5. The Labute approximate surface area is 182 Å². The van der Waals surface area contributed by atoms with Crippen molar-refractivity contribution in [2.75, 3.05) is 7.11 Å². The molecule has 0 fully saturated rings. The second kappa shape index (κ2) is 7.08. The lowest BCUT2D eigenvalue weighted by atomic mass is 9.86. The molecule has 0 N–H and O–H groups in total. The SMILES string of the molecule is COC1C=CC(/C=C/c2ccc3c4cccc5cccc(c6ccc(C)c2c63)c54)=CC1. The first-order valence-corrected chi connectivity index (χ1v) is 10.9. The zero-order valence-corrected chi connectivity index (χ0v) is 17.9. The van der Waals surface area contributed by atoms with Crippen LogP contribution in [-0.4, -0.2) is 13.2 Å². The van der Waals surface area contributed by atoms with Gasteiger partial charge in [0.15, 0.2) is 0 Å². The quantitative estimate of drug-likeness (QED) is 0.220. The Morgan fingerprint density at radius 2 is 1.48 bits per heavy atom. The van der Waals surface area contributed by atoms with Gasteiger partial charge in [-0.1, -0.05) is 91.0 Å². The standard InChI is InChI=1S/C30H24O/c1-19-9-17-26-24-7-3-5-21-6-4-8-25(29(21)24)27-18-14-22(28(19)30(26)27)13-10-20-11-15-23(31-2)16-12-20/h3-15,17-18,23H,16H2,1-2H3/b13-10+. The van der Waals surface area contributed by atoms with E-state index in [0.29, 0.717) is 0 Å². The van der Waals surface area contributed by atoms with Gasteiger partial charge in [-0.3, -0.25) is 0 Å². The highest BCUT2D eigenvalue weighted by Crippen LogP contribution is 2.42. The van der Waals surface area contributed by atoms with E-state index in [1.165, 1.54) is 59.8 Å². The number of allylic oxidation sites excluding steroid dienone is 3. The average molecular weight is 401 g/mol. The molecular weight excluding hydrogens is 376 g/mol. The summed E-state index contributed by atoms with van der Waals surface area (Å²) in [6, 6.07) is 22.5. The Hall–Kier alpha value is -3.42. The van der Waals surface area contributed by atoms with Gasteiger partial charge in [-0.05, 0) is 73.1 Å². The summed E-state index contributed by atoms with van der Waals surface area (Å²) < 4.78 is 5.42. The zero-order valence-electron chi connectivity index (χ0n) is 17.9. The molecule has 0 spiro atoms. The van der Waals surface area contributed by atoms with Crippen LogP contribution in [0, 0.1) is 6.92 Å². The Morgan fingerprint density at radius 3 is 2.16 bits per heavy atom. The van der Waals surface area contributed by atoms with Gasteiger partial charge in [0.05, 0.1) is 6.10 Å². The molecule has 1 atom stereocenters. The minimum atomic E-state index is 0.197. The maximum Gasteiger partial charge on any atom is 0.0789 e. The van der Waals surface area contributed by atoms with Crippen molar-refractivity contribution in [3.63, 3.8) is 0 Å². The Morgan fingerprint density at radius 1 is 0.774 bits per heavy atom. The van der Waals surface area contributed by atoms with Crippen molar-refractivity contribution < 1.29 is 4.74 Å². The smallest absolute Gasteiger partial charge is 0.0789 e. The van der Waals surface area contributed by atoms with Gasteiger partial charge < -0.3 is 4.74 Å². The summed E-state index contributed by atoms with van der Waals surface area (Å²) in [6.45, 7) is 2.23. The molecule has 0 amide bonds. The summed E-state index contributed by atoms with van der Waals surface area (Å²) in [5.41, 5.74) is 3.83. The molecule has 0 bridgehead atoms. The first-order valence-electron chi connectivity index (χ1n) is 10.9. The zero-order chi connectivity index (χ0) is 20.9. The Bertz CT molecular complexity index is 1500. The summed E-state index contributed by atoms with van der Waals surface area (Å²) >= 11 is 0. The summed E-state index contributed by atoms with van der Waals surface area (Å²) in [4.78, 5) is 0. The van der Waals surface area contributed by atoms with E-state index >= 15 is 0 Å². The van der Waals surface area contributed by atoms with Gasteiger partial charge in [0.25, 0.3) is 0 Å². The van der Waals surface area contributed by atoms with E-state index in [9.17, 15) is 0 Å². The largest absolute Gasteiger partial charge is 0.377 e. The predicted octanol–water partition coefficient (Wildman–Crippen LogP) is 7.96. The van der Waals surface area contributed by atoms with Gasteiger partial charge in [0, 0.05) is 7.11 Å². The van der Waals surface area contributed by atoms with E-state index < -0.39 is 0 Å². The van der Waals surface area contributed by atoms with E-state index in [-0.39, 0.29) is 6.10 Å². The molecule has 1 nitrogen and oxygen atoms in total. The molecule has 1 aliphatic carbocycles. The molecule has 0 radical (unpaired) electrons. The molecule has 31 heavy (non-hydrogen) atoms. The minimum Gasteiger partial charge on any atom is -0.377 e. The maximum absolute atomic E-state index is 5.42. The lowest BCUT2D eigenvalue weighted by molar-refractivity contribution is 0.142. The molecule has 1 unspecified atom stereocenters. The van der Waals surface area contributed by atoms with E-state index in [0.717, 1.165) is 6.42 Å². The lowest BCUT2D eigenvalue weighted by Crippen LogP contribution is -2.07. The Kier molecular flexibility index (Phi) is 4.19. The predicted molar refractivity (Wildman–Crippen MR) is 134 cm³/mol. The van der Waals surface area contributed by atoms with Crippen LogP contribution >= 0.6 is 0 Å². The van der Waals surface area contributed by atoms with Crippen LogP contribution in [0.1, 0.15) is 17.5 Å². The third-order valence-corrected chi connectivity index (χ3v) is 6.73. The monoisotopic (exact) mass is 400 g/mol. The molecule has 150 valence electrons. The number of aryl methyl sites for hydroxylation is 1. The molecule has 0 heterocycles. The fourth-order valence-electron chi connectivity index (χ4n) is 5.18. The fourth-order valence-corrected chi connectivity index (χ4v) is 5.18. The van der Waals surface area contributed by atoms with Crippen molar-refractivity contribution >= 4 is 49.2 Å². The number of hydrogen-bond acceptors (Lipinski definition) is 1. The van der Waals surface area contributed by atoms with Crippen molar-refractivity contribution in [1.82, 2.24) is 0 Å². The van der Waals surface area contributed by atoms with E-state index in [1.807, 2.05) is 0 Å². The molecule has 0 saturated carbocycles. The first kappa shape index (κ1) is 18.4. The Balaban J connectivity index is 1.62. The summed E-state index contributed by atoms with van der Waals surface area (Å²) in [7, 11) is 1.76. The number of rotatable bonds is 3. The third-order valence-electron chi connectivity index (χ3n) is 6.73. The fraction of sp³-hybridized carbons (Fsp3) is 0.133. The van der Waals surface area contributed by atoms with Crippen molar-refractivity contribution in [3.05, 3.63) is 102 Å². The molecule has 5 aromatic rings. The minimum absolute atomic E-state index is 0.197. The number of methoxy groups -OCH3 is 1. The van der Waals surface area contributed by atoms with Gasteiger partial charge in [-0.25, -0.2) is 0 Å². The highest BCUT2D eigenvalue weighted by molar-refractivity contribution is 6.33.